The first-order chi connectivity index (χ1) is 10.2. The Kier molecular flexibility index (Phi) is 7.39. The molecule has 0 N–H and O–H groups in total. The van der Waals surface area contributed by atoms with Gasteiger partial charge in [0.1, 0.15) is 5.75 Å². The molecule has 1 nitrogen and oxygen atoms in total. The van der Waals surface area contributed by atoms with Gasteiger partial charge >= 0.3 is 0 Å². The zero-order chi connectivity index (χ0) is 15.1. The van der Waals surface area contributed by atoms with Gasteiger partial charge in [-0.1, -0.05) is 51.5 Å². The summed E-state index contributed by atoms with van der Waals surface area (Å²) in [4.78, 5) is 0. The van der Waals surface area contributed by atoms with E-state index in [1.807, 2.05) is 6.07 Å². The maximum Gasteiger partial charge on any atom is 0.133 e. The van der Waals surface area contributed by atoms with E-state index in [-0.39, 0.29) is 5.38 Å². The maximum absolute atomic E-state index is 6.66. The highest BCUT2D eigenvalue weighted by atomic mass is 79.9. The molecule has 0 bridgehead atoms. The highest BCUT2D eigenvalue weighted by molar-refractivity contribution is 9.10. The van der Waals surface area contributed by atoms with Crippen molar-refractivity contribution >= 4 is 27.5 Å². The van der Waals surface area contributed by atoms with Gasteiger partial charge in [0.2, 0.25) is 0 Å². The molecular weight excluding hydrogens is 348 g/mol. The van der Waals surface area contributed by atoms with Crippen LogP contribution in [0.2, 0.25) is 0 Å². The van der Waals surface area contributed by atoms with Crippen molar-refractivity contribution in [2.45, 2.75) is 63.7 Å². The molecule has 0 heterocycles. The third kappa shape index (κ3) is 5.49. The quantitative estimate of drug-likeness (QED) is 0.390. The minimum atomic E-state index is 0.115. The van der Waals surface area contributed by atoms with Crippen LogP contribution >= 0.6 is 27.5 Å². The van der Waals surface area contributed by atoms with Crippen molar-refractivity contribution < 1.29 is 4.74 Å². The molecule has 1 atom stereocenters. The number of alkyl halides is 1. The summed E-state index contributed by atoms with van der Waals surface area (Å²) >= 11 is 10.3. The van der Waals surface area contributed by atoms with Crippen molar-refractivity contribution in [1.82, 2.24) is 0 Å². The van der Waals surface area contributed by atoms with Crippen molar-refractivity contribution in [3.05, 3.63) is 28.2 Å². The fraction of sp³-hybridized carbons (Fsp3) is 0.667. The van der Waals surface area contributed by atoms with Gasteiger partial charge in [0.05, 0.1) is 16.5 Å². The average molecular weight is 374 g/mol. The smallest absolute Gasteiger partial charge is 0.133 e. The van der Waals surface area contributed by atoms with Gasteiger partial charge in [-0.2, -0.15) is 0 Å². The van der Waals surface area contributed by atoms with Crippen LogP contribution in [-0.2, 0) is 0 Å². The Morgan fingerprint density at radius 1 is 1.24 bits per heavy atom. The molecule has 0 radical (unpaired) electrons. The lowest BCUT2D eigenvalue weighted by Crippen LogP contribution is -2.04. The van der Waals surface area contributed by atoms with Crippen LogP contribution in [0.25, 0.3) is 0 Å². The van der Waals surface area contributed by atoms with Gasteiger partial charge in [0.25, 0.3) is 0 Å². The van der Waals surface area contributed by atoms with E-state index in [2.05, 4.69) is 35.0 Å². The summed E-state index contributed by atoms with van der Waals surface area (Å²) in [6, 6.07) is 6.28. The largest absolute Gasteiger partial charge is 0.492 e. The van der Waals surface area contributed by atoms with Gasteiger partial charge in [-0.3, -0.25) is 0 Å². The predicted molar refractivity (Wildman–Crippen MR) is 94.3 cm³/mol. The minimum Gasteiger partial charge on any atom is -0.492 e. The van der Waals surface area contributed by atoms with Crippen LogP contribution in [0.3, 0.4) is 0 Å². The number of halogens is 2. The molecule has 1 saturated carbocycles. The Bertz CT molecular complexity index is 427. The number of hydrogen-bond donors (Lipinski definition) is 0. The Morgan fingerprint density at radius 2 is 1.95 bits per heavy atom. The van der Waals surface area contributed by atoms with E-state index in [4.69, 9.17) is 16.3 Å². The Balaban J connectivity index is 1.95. The van der Waals surface area contributed by atoms with E-state index in [1.54, 1.807) is 0 Å². The zero-order valence-electron chi connectivity index (χ0n) is 12.9. The van der Waals surface area contributed by atoms with Gasteiger partial charge in [-0.05, 0) is 52.4 Å². The zero-order valence-corrected chi connectivity index (χ0v) is 15.3. The monoisotopic (exact) mass is 372 g/mol. The van der Waals surface area contributed by atoms with Crippen LogP contribution in [-0.4, -0.2) is 6.61 Å². The highest BCUT2D eigenvalue weighted by Crippen LogP contribution is 2.37. The first kappa shape index (κ1) is 17.1. The Hall–Kier alpha value is -0.210. The number of rotatable bonds is 6. The molecule has 0 amide bonds. The number of ether oxygens (including phenoxy) is 1. The van der Waals surface area contributed by atoms with E-state index >= 15 is 0 Å². The molecule has 0 aliphatic heterocycles. The van der Waals surface area contributed by atoms with E-state index in [0.717, 1.165) is 35.6 Å². The third-order valence-electron chi connectivity index (χ3n) is 4.29. The molecule has 1 unspecified atom stereocenters. The second-order valence-corrected chi connectivity index (χ2v) is 7.48. The minimum absolute atomic E-state index is 0.115. The SMILES string of the molecule is CCCOc1ccc(C(Cl)CC2CCCCCC2)cc1Br. The van der Waals surface area contributed by atoms with Gasteiger partial charge in [-0.25, -0.2) is 0 Å². The lowest BCUT2D eigenvalue weighted by Gasteiger charge is -2.19. The second-order valence-electron chi connectivity index (χ2n) is 6.10. The fourth-order valence-electron chi connectivity index (χ4n) is 3.07. The van der Waals surface area contributed by atoms with Crippen LogP contribution in [0.5, 0.6) is 5.75 Å². The average Bonchev–Trinajstić information content (AvgIpc) is 2.74. The summed E-state index contributed by atoms with van der Waals surface area (Å²) in [6.07, 6.45) is 10.4. The van der Waals surface area contributed by atoms with E-state index in [9.17, 15) is 0 Å². The molecule has 1 fully saturated rings. The lowest BCUT2D eigenvalue weighted by atomic mass is 9.92. The van der Waals surface area contributed by atoms with Gasteiger partial charge in [0.15, 0.2) is 0 Å². The van der Waals surface area contributed by atoms with Crippen molar-refractivity contribution in [3.63, 3.8) is 0 Å². The Labute approximate surface area is 142 Å². The molecule has 0 aromatic heterocycles. The van der Waals surface area contributed by atoms with E-state index in [0.29, 0.717) is 0 Å². The maximum atomic E-state index is 6.66. The van der Waals surface area contributed by atoms with Crippen LogP contribution < -0.4 is 4.74 Å². The summed E-state index contributed by atoms with van der Waals surface area (Å²) < 4.78 is 6.71. The molecule has 2 rings (SSSR count). The van der Waals surface area contributed by atoms with E-state index in [1.165, 1.54) is 44.1 Å². The van der Waals surface area contributed by atoms with Gasteiger partial charge in [0, 0.05) is 0 Å². The first-order valence-corrected chi connectivity index (χ1v) is 9.50. The summed E-state index contributed by atoms with van der Waals surface area (Å²) in [5.74, 6) is 1.71. The molecule has 1 aromatic carbocycles. The number of benzene rings is 1. The number of hydrogen-bond acceptors (Lipinski definition) is 1. The summed E-state index contributed by atoms with van der Waals surface area (Å²) in [6.45, 7) is 2.87. The topological polar surface area (TPSA) is 9.23 Å². The lowest BCUT2D eigenvalue weighted by molar-refractivity contribution is 0.315. The van der Waals surface area contributed by atoms with Gasteiger partial charge < -0.3 is 4.74 Å². The Morgan fingerprint density at radius 3 is 2.57 bits per heavy atom. The summed E-state index contributed by atoms with van der Waals surface area (Å²) in [5.41, 5.74) is 1.21. The van der Waals surface area contributed by atoms with Crippen LogP contribution in [0.4, 0.5) is 0 Å². The molecule has 3 heteroatoms. The summed E-state index contributed by atoms with van der Waals surface area (Å²) in [7, 11) is 0. The molecule has 1 aliphatic carbocycles. The molecule has 118 valence electrons. The molecule has 1 aliphatic rings. The van der Waals surface area contributed by atoms with Crippen molar-refractivity contribution in [2.75, 3.05) is 6.61 Å². The fourth-order valence-corrected chi connectivity index (χ4v) is 3.97. The van der Waals surface area contributed by atoms with Crippen molar-refractivity contribution in [2.24, 2.45) is 5.92 Å². The van der Waals surface area contributed by atoms with Crippen LogP contribution in [0.15, 0.2) is 22.7 Å². The molecule has 0 spiro atoms. The standard InChI is InChI=1S/C18H26BrClO/c1-2-11-21-18-10-9-15(13-16(18)19)17(20)12-14-7-5-3-4-6-8-14/h9-10,13-14,17H,2-8,11-12H2,1H3. The van der Waals surface area contributed by atoms with E-state index < -0.39 is 0 Å². The van der Waals surface area contributed by atoms with Crippen molar-refractivity contribution in [3.8, 4) is 5.75 Å². The molecule has 0 saturated heterocycles. The van der Waals surface area contributed by atoms with Crippen LogP contribution in [0, 0.1) is 5.92 Å². The second kappa shape index (κ2) is 9.05. The molecule has 1 aromatic rings. The van der Waals surface area contributed by atoms with Crippen molar-refractivity contribution in [1.29, 1.82) is 0 Å². The van der Waals surface area contributed by atoms with Gasteiger partial charge in [-0.15, -0.1) is 11.6 Å². The third-order valence-corrected chi connectivity index (χ3v) is 5.34. The first-order valence-electron chi connectivity index (χ1n) is 8.27. The predicted octanol–water partition coefficient (Wildman–Crippen LogP) is 6.88. The normalized spacial score (nSPS) is 18.2. The van der Waals surface area contributed by atoms with Crippen LogP contribution in [0.1, 0.15) is 69.2 Å². The highest BCUT2D eigenvalue weighted by Gasteiger charge is 2.18. The summed E-state index contributed by atoms with van der Waals surface area (Å²) in [5, 5.41) is 0.115. The molecular formula is C18H26BrClO. The molecule has 21 heavy (non-hydrogen) atoms.